The summed E-state index contributed by atoms with van der Waals surface area (Å²) in [6.07, 6.45) is 9.99. The fourth-order valence-electron chi connectivity index (χ4n) is 2.55. The van der Waals surface area contributed by atoms with Crippen molar-refractivity contribution in [2.45, 2.75) is 95.8 Å². The second-order valence-electron chi connectivity index (χ2n) is 6.08. The molecule has 5 heteroatoms. The molecule has 0 amide bonds. The molecular formula is C16H33NO4. The Balaban J connectivity index is 3.61. The van der Waals surface area contributed by atoms with Gasteiger partial charge in [-0.2, -0.15) is 0 Å². The Morgan fingerprint density at radius 2 is 1.38 bits per heavy atom. The van der Waals surface area contributed by atoms with E-state index in [1.165, 1.54) is 44.9 Å². The SMILES string of the molecule is CCCCCCCCCCCCC(N)(CC(O)O)C(=O)O. The average Bonchev–Trinajstić information content (AvgIpc) is 2.40. The Morgan fingerprint density at radius 1 is 0.952 bits per heavy atom. The highest BCUT2D eigenvalue weighted by Gasteiger charge is 2.35. The Bertz CT molecular complexity index is 271. The number of hydrogen-bond acceptors (Lipinski definition) is 4. The molecule has 21 heavy (non-hydrogen) atoms. The van der Waals surface area contributed by atoms with Gasteiger partial charge in [0, 0.05) is 6.42 Å². The lowest BCUT2D eigenvalue weighted by molar-refractivity contribution is -0.148. The second-order valence-corrected chi connectivity index (χ2v) is 6.08. The normalized spacial score (nSPS) is 14.3. The largest absolute Gasteiger partial charge is 0.480 e. The number of aliphatic hydroxyl groups is 2. The molecule has 0 saturated heterocycles. The first-order valence-electron chi connectivity index (χ1n) is 8.31. The van der Waals surface area contributed by atoms with Crippen molar-refractivity contribution in [1.29, 1.82) is 0 Å². The molecule has 0 radical (unpaired) electrons. The van der Waals surface area contributed by atoms with E-state index in [9.17, 15) is 4.79 Å². The smallest absolute Gasteiger partial charge is 0.323 e. The van der Waals surface area contributed by atoms with Crippen LogP contribution in [0.2, 0.25) is 0 Å². The lowest BCUT2D eigenvalue weighted by atomic mass is 9.89. The molecule has 0 aliphatic heterocycles. The minimum absolute atomic E-state index is 0.288. The summed E-state index contributed by atoms with van der Waals surface area (Å²) in [6.45, 7) is 2.21. The third kappa shape index (κ3) is 10.7. The molecule has 0 bridgehead atoms. The molecule has 126 valence electrons. The van der Waals surface area contributed by atoms with Crippen LogP contribution < -0.4 is 5.73 Å². The molecule has 0 aromatic rings. The average molecular weight is 303 g/mol. The number of aliphatic carboxylic acids is 1. The maximum Gasteiger partial charge on any atom is 0.323 e. The van der Waals surface area contributed by atoms with Crippen molar-refractivity contribution in [1.82, 2.24) is 0 Å². The van der Waals surface area contributed by atoms with Crippen LogP contribution in [0.4, 0.5) is 0 Å². The van der Waals surface area contributed by atoms with E-state index in [1.807, 2.05) is 0 Å². The molecule has 0 aromatic heterocycles. The molecule has 0 fully saturated rings. The van der Waals surface area contributed by atoms with Gasteiger partial charge in [-0.15, -0.1) is 0 Å². The summed E-state index contributed by atoms with van der Waals surface area (Å²) < 4.78 is 0. The second kappa shape index (κ2) is 12.0. The first kappa shape index (κ1) is 20.3. The van der Waals surface area contributed by atoms with Crippen molar-refractivity contribution in [2.75, 3.05) is 0 Å². The molecule has 0 rings (SSSR count). The van der Waals surface area contributed by atoms with E-state index in [2.05, 4.69) is 6.92 Å². The number of aliphatic hydroxyl groups excluding tert-OH is 1. The van der Waals surface area contributed by atoms with Crippen molar-refractivity contribution in [2.24, 2.45) is 5.73 Å². The van der Waals surface area contributed by atoms with Crippen LogP contribution in [0.1, 0.15) is 84.0 Å². The summed E-state index contributed by atoms with van der Waals surface area (Å²) in [7, 11) is 0. The first-order chi connectivity index (χ1) is 9.92. The Morgan fingerprint density at radius 3 is 1.76 bits per heavy atom. The zero-order valence-corrected chi connectivity index (χ0v) is 13.4. The van der Waals surface area contributed by atoms with Crippen LogP contribution >= 0.6 is 0 Å². The maximum absolute atomic E-state index is 11.1. The fraction of sp³-hybridized carbons (Fsp3) is 0.938. The van der Waals surface area contributed by atoms with E-state index >= 15 is 0 Å². The highest BCUT2D eigenvalue weighted by molar-refractivity contribution is 5.78. The van der Waals surface area contributed by atoms with Crippen molar-refractivity contribution < 1.29 is 20.1 Å². The highest BCUT2D eigenvalue weighted by atomic mass is 16.5. The summed E-state index contributed by atoms with van der Waals surface area (Å²) in [5.41, 5.74) is 4.21. The molecule has 1 unspecified atom stereocenters. The zero-order chi connectivity index (χ0) is 16.1. The van der Waals surface area contributed by atoms with Gasteiger partial charge in [-0.25, -0.2) is 0 Å². The number of carboxylic acids is 1. The number of nitrogens with two attached hydrogens (primary N) is 1. The van der Waals surface area contributed by atoms with Crippen LogP contribution in [0, 0.1) is 0 Å². The van der Waals surface area contributed by atoms with Crippen molar-refractivity contribution in [3.8, 4) is 0 Å². The van der Waals surface area contributed by atoms with Gasteiger partial charge in [0.05, 0.1) is 0 Å². The van der Waals surface area contributed by atoms with Crippen LogP contribution in [-0.4, -0.2) is 33.1 Å². The van der Waals surface area contributed by atoms with Crippen molar-refractivity contribution in [3.63, 3.8) is 0 Å². The lowest BCUT2D eigenvalue weighted by Crippen LogP contribution is -2.50. The monoisotopic (exact) mass is 303 g/mol. The maximum atomic E-state index is 11.1. The lowest BCUT2D eigenvalue weighted by Gasteiger charge is -2.25. The van der Waals surface area contributed by atoms with Crippen LogP contribution in [0.3, 0.4) is 0 Å². The molecule has 5 nitrogen and oxygen atoms in total. The van der Waals surface area contributed by atoms with E-state index in [0.29, 0.717) is 6.42 Å². The molecule has 0 aliphatic carbocycles. The third-order valence-corrected chi connectivity index (χ3v) is 3.95. The minimum Gasteiger partial charge on any atom is -0.480 e. The van der Waals surface area contributed by atoms with Gasteiger partial charge in [-0.1, -0.05) is 71.1 Å². The molecule has 0 aliphatic rings. The van der Waals surface area contributed by atoms with Crippen molar-refractivity contribution >= 4 is 5.97 Å². The van der Waals surface area contributed by atoms with Crippen LogP contribution in [0.5, 0.6) is 0 Å². The topological polar surface area (TPSA) is 104 Å². The van der Waals surface area contributed by atoms with E-state index in [-0.39, 0.29) is 12.8 Å². The van der Waals surface area contributed by atoms with Crippen LogP contribution in [-0.2, 0) is 4.79 Å². The number of carbonyl (C=O) groups is 1. The highest BCUT2D eigenvalue weighted by Crippen LogP contribution is 2.19. The molecule has 5 N–H and O–H groups in total. The van der Waals surface area contributed by atoms with E-state index < -0.39 is 17.8 Å². The molecule has 0 saturated carbocycles. The standard InChI is InChI=1S/C16H33NO4/c1-2-3-4-5-6-7-8-9-10-11-12-16(17,15(20)21)13-14(18)19/h14,18-19H,2-13,17H2,1H3,(H,20,21). The van der Waals surface area contributed by atoms with Crippen LogP contribution in [0.15, 0.2) is 0 Å². The summed E-state index contributed by atoms with van der Waals surface area (Å²) in [5, 5.41) is 26.9. The predicted octanol–water partition coefficient (Wildman–Crippen LogP) is 2.78. The van der Waals surface area contributed by atoms with Gasteiger partial charge in [0.1, 0.15) is 5.54 Å². The van der Waals surface area contributed by atoms with Gasteiger partial charge in [-0.05, 0) is 6.42 Å². The molecule has 0 aromatic carbocycles. The van der Waals surface area contributed by atoms with Crippen LogP contribution in [0.25, 0.3) is 0 Å². The minimum atomic E-state index is -1.67. The van der Waals surface area contributed by atoms with Gasteiger partial charge in [0.25, 0.3) is 0 Å². The number of carboxylic acid groups (broad SMARTS) is 1. The molecule has 0 spiro atoms. The fourth-order valence-corrected chi connectivity index (χ4v) is 2.55. The molecule has 1 atom stereocenters. The van der Waals surface area contributed by atoms with E-state index in [1.54, 1.807) is 0 Å². The Kier molecular flexibility index (Phi) is 11.6. The summed E-state index contributed by atoms with van der Waals surface area (Å²) in [5.74, 6) is -1.16. The summed E-state index contributed by atoms with van der Waals surface area (Å²) in [6, 6.07) is 0. The Labute approximate surface area is 128 Å². The number of hydrogen-bond donors (Lipinski definition) is 4. The quantitative estimate of drug-likeness (QED) is 0.292. The Hall–Kier alpha value is -0.650. The predicted molar refractivity (Wildman–Crippen MR) is 83.9 cm³/mol. The number of unbranched alkanes of at least 4 members (excludes halogenated alkanes) is 9. The third-order valence-electron chi connectivity index (χ3n) is 3.95. The summed E-state index contributed by atoms with van der Waals surface area (Å²) in [4.78, 5) is 11.1. The molecule has 0 heterocycles. The number of rotatable bonds is 14. The van der Waals surface area contributed by atoms with Gasteiger partial charge < -0.3 is 21.1 Å². The first-order valence-corrected chi connectivity index (χ1v) is 8.31. The van der Waals surface area contributed by atoms with Gasteiger partial charge in [0.2, 0.25) is 0 Å². The zero-order valence-electron chi connectivity index (χ0n) is 13.4. The molecular weight excluding hydrogens is 270 g/mol. The van der Waals surface area contributed by atoms with E-state index in [0.717, 1.165) is 12.8 Å². The van der Waals surface area contributed by atoms with Crippen molar-refractivity contribution in [3.05, 3.63) is 0 Å². The summed E-state index contributed by atoms with van der Waals surface area (Å²) >= 11 is 0. The van der Waals surface area contributed by atoms with E-state index in [4.69, 9.17) is 21.1 Å². The van der Waals surface area contributed by atoms with Gasteiger partial charge in [-0.3, -0.25) is 4.79 Å². The van der Waals surface area contributed by atoms with Gasteiger partial charge >= 0.3 is 5.97 Å². The van der Waals surface area contributed by atoms with Gasteiger partial charge in [0.15, 0.2) is 6.29 Å².